The molecule has 11 heteroatoms. The average molecular weight is 493 g/mol. The Balaban J connectivity index is 1.12. The standard InChI is InChI=1S/C25H21F2N5O4/c26-25(27)35-21-10-6-18(15-22(21)36-25)7-11-23-30-20(16-34-23)24(33)29-19-8-4-17(5-9-19)3-1-2-13-32-14-12-28-31-32/h4-12,14-16H,1-3,13H2,(H,29,33). The van der Waals surface area contributed by atoms with Crippen LogP contribution in [0, 0.1) is 0 Å². The summed E-state index contributed by atoms with van der Waals surface area (Å²) in [4.78, 5) is 16.7. The summed E-state index contributed by atoms with van der Waals surface area (Å²) in [6.07, 6.45) is 7.13. The number of fused-ring (bicyclic) bond motifs is 1. The van der Waals surface area contributed by atoms with Crippen LogP contribution in [0.3, 0.4) is 0 Å². The Labute approximate surface area is 204 Å². The molecule has 0 saturated carbocycles. The number of unbranched alkanes of at least 4 members (excludes halogenated alkanes) is 1. The predicted molar refractivity (Wildman–Crippen MR) is 125 cm³/mol. The number of hydrogen-bond acceptors (Lipinski definition) is 7. The zero-order chi connectivity index (χ0) is 25.0. The quantitative estimate of drug-likeness (QED) is 0.326. The molecular weight excluding hydrogens is 472 g/mol. The van der Waals surface area contributed by atoms with Crippen molar-refractivity contribution in [1.29, 1.82) is 0 Å². The second-order valence-corrected chi connectivity index (χ2v) is 8.05. The van der Waals surface area contributed by atoms with Crippen molar-refractivity contribution in [3.8, 4) is 11.5 Å². The number of nitrogens with one attached hydrogen (secondary N) is 1. The zero-order valence-corrected chi connectivity index (χ0v) is 18.9. The first-order chi connectivity index (χ1) is 17.4. The maximum atomic E-state index is 13.2. The number of anilines is 1. The molecule has 2 aromatic carbocycles. The van der Waals surface area contributed by atoms with Crippen molar-refractivity contribution in [3.63, 3.8) is 0 Å². The van der Waals surface area contributed by atoms with Gasteiger partial charge in [-0.15, -0.1) is 13.9 Å². The third-order valence-corrected chi connectivity index (χ3v) is 5.38. The molecule has 0 bridgehead atoms. The number of aryl methyl sites for hydroxylation is 2. The molecular formula is C25H21F2N5O4. The number of carbonyl (C=O) groups excluding carboxylic acids is 1. The molecule has 1 aliphatic rings. The van der Waals surface area contributed by atoms with E-state index in [0.717, 1.165) is 25.8 Å². The number of oxazole rings is 1. The molecule has 184 valence electrons. The molecule has 0 fully saturated rings. The van der Waals surface area contributed by atoms with Gasteiger partial charge in [0, 0.05) is 24.5 Å². The van der Waals surface area contributed by atoms with Crippen LogP contribution in [-0.2, 0) is 13.0 Å². The van der Waals surface area contributed by atoms with Crippen LogP contribution in [0.4, 0.5) is 14.5 Å². The highest BCUT2D eigenvalue weighted by Gasteiger charge is 2.43. The molecule has 1 N–H and O–H groups in total. The van der Waals surface area contributed by atoms with Gasteiger partial charge in [-0.2, -0.15) is 0 Å². The Morgan fingerprint density at radius 1 is 1.06 bits per heavy atom. The number of benzene rings is 2. The number of amides is 1. The lowest BCUT2D eigenvalue weighted by Gasteiger charge is -2.05. The summed E-state index contributed by atoms with van der Waals surface area (Å²) < 4.78 is 42.2. The summed E-state index contributed by atoms with van der Waals surface area (Å²) in [7, 11) is 0. The summed E-state index contributed by atoms with van der Waals surface area (Å²) in [6, 6.07) is 12.0. The van der Waals surface area contributed by atoms with Crippen LogP contribution < -0.4 is 14.8 Å². The van der Waals surface area contributed by atoms with E-state index in [0.29, 0.717) is 11.3 Å². The number of halogens is 2. The minimum Gasteiger partial charge on any atom is -0.444 e. The minimum atomic E-state index is -3.67. The Hall–Kier alpha value is -4.54. The van der Waals surface area contributed by atoms with E-state index in [1.807, 2.05) is 35.1 Å². The molecule has 2 aromatic heterocycles. The largest absolute Gasteiger partial charge is 0.586 e. The Bertz CT molecular complexity index is 1370. The van der Waals surface area contributed by atoms with Crippen molar-refractivity contribution >= 4 is 23.7 Å². The van der Waals surface area contributed by atoms with Crippen LogP contribution in [0.2, 0.25) is 0 Å². The van der Waals surface area contributed by atoms with Gasteiger partial charge in [0.25, 0.3) is 5.91 Å². The van der Waals surface area contributed by atoms with Gasteiger partial charge in [0.05, 0.1) is 6.20 Å². The third kappa shape index (κ3) is 5.74. The summed E-state index contributed by atoms with van der Waals surface area (Å²) in [6.45, 7) is 0.832. The number of carbonyl (C=O) groups is 1. The van der Waals surface area contributed by atoms with Crippen LogP contribution in [0.5, 0.6) is 11.5 Å². The zero-order valence-electron chi connectivity index (χ0n) is 18.9. The van der Waals surface area contributed by atoms with Crippen LogP contribution in [0.15, 0.2) is 65.5 Å². The van der Waals surface area contributed by atoms with Gasteiger partial charge >= 0.3 is 6.29 Å². The van der Waals surface area contributed by atoms with Gasteiger partial charge in [0.15, 0.2) is 17.2 Å². The molecule has 0 aliphatic carbocycles. The molecule has 0 atom stereocenters. The van der Waals surface area contributed by atoms with Crippen molar-refractivity contribution in [2.75, 3.05) is 5.32 Å². The van der Waals surface area contributed by atoms with Gasteiger partial charge < -0.3 is 19.2 Å². The molecule has 0 unspecified atom stereocenters. The molecule has 1 amide bonds. The van der Waals surface area contributed by atoms with Crippen molar-refractivity contribution in [2.45, 2.75) is 32.1 Å². The fourth-order valence-electron chi connectivity index (χ4n) is 3.61. The van der Waals surface area contributed by atoms with Crippen LogP contribution >= 0.6 is 0 Å². The van der Waals surface area contributed by atoms with E-state index in [4.69, 9.17) is 4.42 Å². The first-order valence-corrected chi connectivity index (χ1v) is 11.2. The van der Waals surface area contributed by atoms with Gasteiger partial charge in [-0.3, -0.25) is 9.48 Å². The van der Waals surface area contributed by atoms with Crippen molar-refractivity contribution < 1.29 is 27.5 Å². The summed E-state index contributed by atoms with van der Waals surface area (Å²) in [5.74, 6) is -0.329. The molecule has 0 saturated heterocycles. The SMILES string of the molecule is O=C(Nc1ccc(CCCCn2ccnn2)cc1)c1coc(C=Cc2ccc3c(c2)OC(F)(F)O3)n1. The number of ether oxygens (including phenoxy) is 2. The van der Waals surface area contributed by atoms with E-state index >= 15 is 0 Å². The normalized spacial score (nSPS) is 13.8. The van der Waals surface area contributed by atoms with E-state index in [1.165, 1.54) is 30.0 Å². The molecule has 0 spiro atoms. The van der Waals surface area contributed by atoms with Gasteiger partial charge in [-0.1, -0.05) is 23.4 Å². The lowest BCUT2D eigenvalue weighted by Crippen LogP contribution is -2.25. The third-order valence-electron chi connectivity index (χ3n) is 5.38. The van der Waals surface area contributed by atoms with Gasteiger partial charge in [-0.05, 0) is 60.7 Å². The summed E-state index contributed by atoms with van der Waals surface area (Å²) in [5.41, 5.74) is 2.49. The average Bonchev–Trinajstić information content (AvgIpc) is 3.60. The van der Waals surface area contributed by atoms with E-state index < -0.39 is 12.2 Å². The molecule has 5 rings (SSSR count). The van der Waals surface area contributed by atoms with E-state index in [-0.39, 0.29) is 23.1 Å². The molecule has 1 aliphatic heterocycles. The topological polar surface area (TPSA) is 104 Å². The van der Waals surface area contributed by atoms with Crippen molar-refractivity contribution in [3.05, 3.63) is 83.8 Å². The van der Waals surface area contributed by atoms with Gasteiger partial charge in [0.2, 0.25) is 5.89 Å². The highest BCUT2D eigenvalue weighted by atomic mass is 19.3. The van der Waals surface area contributed by atoms with Gasteiger partial charge in [-0.25, -0.2) is 4.98 Å². The number of hydrogen-bond donors (Lipinski definition) is 1. The lowest BCUT2D eigenvalue weighted by atomic mass is 10.1. The van der Waals surface area contributed by atoms with E-state index in [1.54, 1.807) is 18.3 Å². The number of alkyl halides is 2. The highest BCUT2D eigenvalue weighted by molar-refractivity contribution is 6.02. The first-order valence-electron chi connectivity index (χ1n) is 11.2. The Morgan fingerprint density at radius 2 is 1.89 bits per heavy atom. The fourth-order valence-corrected chi connectivity index (χ4v) is 3.61. The highest BCUT2D eigenvalue weighted by Crippen LogP contribution is 2.41. The molecule has 36 heavy (non-hydrogen) atoms. The van der Waals surface area contributed by atoms with E-state index in [9.17, 15) is 13.6 Å². The lowest BCUT2D eigenvalue weighted by molar-refractivity contribution is -0.286. The van der Waals surface area contributed by atoms with Crippen LogP contribution in [-0.4, -0.2) is 32.2 Å². The van der Waals surface area contributed by atoms with Crippen LogP contribution in [0.25, 0.3) is 12.2 Å². The Morgan fingerprint density at radius 3 is 2.69 bits per heavy atom. The number of aromatic nitrogens is 4. The monoisotopic (exact) mass is 493 g/mol. The molecule has 4 aromatic rings. The smallest absolute Gasteiger partial charge is 0.444 e. The van der Waals surface area contributed by atoms with E-state index in [2.05, 4.69) is 30.1 Å². The molecule has 3 heterocycles. The second kappa shape index (κ2) is 9.98. The maximum Gasteiger partial charge on any atom is 0.586 e. The van der Waals surface area contributed by atoms with Crippen molar-refractivity contribution in [1.82, 2.24) is 20.0 Å². The Kier molecular flexibility index (Phi) is 6.44. The van der Waals surface area contributed by atoms with Crippen molar-refractivity contribution in [2.24, 2.45) is 0 Å². The fraction of sp³-hybridized carbons (Fsp3) is 0.200. The number of rotatable bonds is 9. The number of nitrogens with zero attached hydrogens (tertiary/aromatic N) is 4. The maximum absolute atomic E-state index is 13.2. The molecule has 0 radical (unpaired) electrons. The first kappa shape index (κ1) is 23.2. The summed E-state index contributed by atoms with van der Waals surface area (Å²) >= 11 is 0. The molecule has 9 nitrogen and oxygen atoms in total. The van der Waals surface area contributed by atoms with Crippen LogP contribution in [0.1, 0.15) is 40.3 Å². The minimum absolute atomic E-state index is 0.0385. The second-order valence-electron chi connectivity index (χ2n) is 8.05. The predicted octanol–water partition coefficient (Wildman–Crippen LogP) is 5.03. The summed E-state index contributed by atoms with van der Waals surface area (Å²) in [5, 5.41) is 10.5. The van der Waals surface area contributed by atoms with Gasteiger partial charge in [0.1, 0.15) is 6.26 Å².